The SMILES string of the molecule is C=C/C=C(/C=N/C(CCO)C(CCO)/N=C/c1ccccc1O)C(\O)=C/C. The average molecular weight is 372 g/mol. The molecular formula is C21H28N2O4. The summed E-state index contributed by atoms with van der Waals surface area (Å²) in [4.78, 5) is 8.93. The number of benzene rings is 1. The minimum atomic E-state index is -0.401. The predicted molar refractivity (Wildman–Crippen MR) is 110 cm³/mol. The van der Waals surface area contributed by atoms with E-state index in [1.165, 1.54) is 6.21 Å². The summed E-state index contributed by atoms with van der Waals surface area (Å²) in [6, 6.07) is 6.01. The van der Waals surface area contributed by atoms with E-state index in [1.807, 2.05) is 0 Å². The van der Waals surface area contributed by atoms with Crippen LogP contribution in [0.15, 0.2) is 70.4 Å². The Morgan fingerprint density at radius 1 is 1.11 bits per heavy atom. The second kappa shape index (κ2) is 12.6. The summed E-state index contributed by atoms with van der Waals surface area (Å²) in [5.74, 6) is 0.179. The number of nitrogens with zero attached hydrogens (tertiary/aromatic N) is 2. The second-order valence-corrected chi connectivity index (χ2v) is 5.81. The number of aliphatic hydroxyl groups excluding tert-OH is 3. The molecule has 6 heteroatoms. The Kier molecular flexibility index (Phi) is 10.4. The summed E-state index contributed by atoms with van der Waals surface area (Å²) in [6.07, 6.45) is 8.46. The quantitative estimate of drug-likeness (QED) is 0.272. The van der Waals surface area contributed by atoms with Gasteiger partial charge in [0, 0.05) is 36.8 Å². The van der Waals surface area contributed by atoms with Gasteiger partial charge in [-0.15, -0.1) is 0 Å². The van der Waals surface area contributed by atoms with Crippen LogP contribution in [0.25, 0.3) is 0 Å². The first kappa shape index (κ1) is 22.3. The zero-order valence-corrected chi connectivity index (χ0v) is 15.6. The number of phenols is 1. The summed E-state index contributed by atoms with van der Waals surface area (Å²) in [5, 5.41) is 38.6. The number of hydrogen-bond donors (Lipinski definition) is 4. The number of aliphatic imine (C=N–C) groups is 2. The van der Waals surface area contributed by atoms with E-state index >= 15 is 0 Å². The predicted octanol–water partition coefficient (Wildman–Crippen LogP) is 2.96. The van der Waals surface area contributed by atoms with Crippen LogP contribution in [0.2, 0.25) is 0 Å². The van der Waals surface area contributed by atoms with Crippen molar-refractivity contribution in [2.75, 3.05) is 13.2 Å². The summed E-state index contributed by atoms with van der Waals surface area (Å²) >= 11 is 0. The van der Waals surface area contributed by atoms with Gasteiger partial charge in [0.1, 0.15) is 11.5 Å². The maximum absolute atomic E-state index is 9.92. The Morgan fingerprint density at radius 3 is 2.30 bits per heavy atom. The Morgan fingerprint density at radius 2 is 1.74 bits per heavy atom. The van der Waals surface area contributed by atoms with Gasteiger partial charge in [0.25, 0.3) is 0 Å². The lowest BCUT2D eigenvalue weighted by molar-refractivity contribution is 0.243. The van der Waals surface area contributed by atoms with Gasteiger partial charge < -0.3 is 20.4 Å². The molecule has 0 aliphatic rings. The number of aromatic hydroxyl groups is 1. The van der Waals surface area contributed by atoms with Gasteiger partial charge in [0.15, 0.2) is 0 Å². The molecule has 0 radical (unpaired) electrons. The van der Waals surface area contributed by atoms with Crippen LogP contribution in [0.5, 0.6) is 5.75 Å². The van der Waals surface area contributed by atoms with E-state index in [4.69, 9.17) is 0 Å². The molecule has 6 nitrogen and oxygen atoms in total. The highest BCUT2D eigenvalue weighted by Crippen LogP contribution is 2.17. The lowest BCUT2D eigenvalue weighted by Crippen LogP contribution is -2.26. The average Bonchev–Trinajstić information content (AvgIpc) is 2.68. The largest absolute Gasteiger partial charge is 0.508 e. The van der Waals surface area contributed by atoms with Crippen LogP contribution in [-0.2, 0) is 0 Å². The molecule has 0 saturated carbocycles. The summed E-state index contributed by atoms with van der Waals surface area (Å²) in [6.45, 7) is 5.15. The van der Waals surface area contributed by atoms with Gasteiger partial charge in [0.05, 0.1) is 12.1 Å². The molecule has 0 amide bonds. The van der Waals surface area contributed by atoms with Gasteiger partial charge in [-0.25, -0.2) is 0 Å². The van der Waals surface area contributed by atoms with Crippen molar-refractivity contribution in [1.82, 2.24) is 0 Å². The van der Waals surface area contributed by atoms with Gasteiger partial charge in [0.2, 0.25) is 0 Å². The van der Waals surface area contributed by atoms with E-state index < -0.39 is 12.1 Å². The number of para-hydroxylation sites is 1. The van der Waals surface area contributed by atoms with Crippen molar-refractivity contribution >= 4 is 12.4 Å². The van der Waals surface area contributed by atoms with E-state index in [-0.39, 0.29) is 24.7 Å². The van der Waals surface area contributed by atoms with Crippen molar-refractivity contribution in [3.05, 3.63) is 66.0 Å². The first-order chi connectivity index (χ1) is 13.1. The van der Waals surface area contributed by atoms with Crippen molar-refractivity contribution in [3.8, 4) is 5.75 Å². The fourth-order valence-electron chi connectivity index (χ4n) is 2.43. The van der Waals surface area contributed by atoms with Gasteiger partial charge >= 0.3 is 0 Å². The van der Waals surface area contributed by atoms with Crippen molar-refractivity contribution in [2.24, 2.45) is 9.98 Å². The Balaban J connectivity index is 3.10. The standard InChI is InChI=1S/C21H28N2O4/c1-3-7-16(20(26)4-2)14-22-18(10-12-24)19(11-13-25)23-15-17-8-5-6-9-21(17)27/h3-9,14-15,18-19,24-27H,1,10-13H2,2H3/b16-7-,20-4+,22-14+,23-15+. The highest BCUT2D eigenvalue weighted by atomic mass is 16.3. The maximum atomic E-state index is 9.92. The molecule has 0 heterocycles. The van der Waals surface area contributed by atoms with Crippen LogP contribution in [0, 0.1) is 0 Å². The molecule has 0 aliphatic heterocycles. The molecule has 0 fully saturated rings. The van der Waals surface area contributed by atoms with Crippen molar-refractivity contribution in [2.45, 2.75) is 31.8 Å². The van der Waals surface area contributed by atoms with Crippen LogP contribution in [0.4, 0.5) is 0 Å². The third-order valence-corrected chi connectivity index (χ3v) is 3.91. The third-order valence-electron chi connectivity index (χ3n) is 3.91. The van der Waals surface area contributed by atoms with Crippen LogP contribution in [0.1, 0.15) is 25.3 Å². The third kappa shape index (κ3) is 7.60. The molecule has 1 rings (SSSR count). The van der Waals surface area contributed by atoms with Crippen LogP contribution >= 0.6 is 0 Å². The summed E-state index contributed by atoms with van der Waals surface area (Å²) in [7, 11) is 0. The molecule has 0 aliphatic carbocycles. The Bertz CT molecular complexity index is 708. The van der Waals surface area contributed by atoms with Gasteiger partial charge in [-0.05, 0) is 38.0 Å². The second-order valence-electron chi connectivity index (χ2n) is 5.81. The fraction of sp³-hybridized carbons (Fsp3) is 0.333. The minimum absolute atomic E-state index is 0.0674. The summed E-state index contributed by atoms with van der Waals surface area (Å²) < 4.78 is 0. The number of aliphatic hydroxyl groups is 3. The lowest BCUT2D eigenvalue weighted by Gasteiger charge is -2.19. The molecule has 146 valence electrons. The van der Waals surface area contributed by atoms with Gasteiger partial charge in [-0.2, -0.15) is 0 Å². The Labute approximate surface area is 160 Å². The lowest BCUT2D eigenvalue weighted by atomic mass is 10.0. The Hall–Kier alpha value is -2.70. The molecule has 0 bridgehead atoms. The van der Waals surface area contributed by atoms with Crippen molar-refractivity contribution in [1.29, 1.82) is 0 Å². The molecule has 2 atom stereocenters. The summed E-state index contributed by atoms with van der Waals surface area (Å²) in [5.41, 5.74) is 1.05. The van der Waals surface area contributed by atoms with E-state index in [2.05, 4.69) is 16.6 Å². The molecule has 1 aromatic carbocycles. The zero-order valence-electron chi connectivity index (χ0n) is 15.6. The zero-order chi connectivity index (χ0) is 20.1. The first-order valence-corrected chi connectivity index (χ1v) is 8.81. The normalized spacial score (nSPS) is 15.4. The molecule has 1 aromatic rings. The van der Waals surface area contributed by atoms with Crippen molar-refractivity contribution in [3.63, 3.8) is 0 Å². The highest BCUT2D eigenvalue weighted by Gasteiger charge is 2.19. The van der Waals surface area contributed by atoms with Crippen LogP contribution < -0.4 is 0 Å². The van der Waals surface area contributed by atoms with E-state index in [0.29, 0.717) is 24.0 Å². The van der Waals surface area contributed by atoms with Crippen LogP contribution in [-0.4, -0.2) is 58.2 Å². The number of phenolic OH excluding ortho intramolecular Hbond substituents is 1. The topological polar surface area (TPSA) is 106 Å². The number of allylic oxidation sites excluding steroid dienone is 4. The molecule has 0 spiro atoms. The molecular weight excluding hydrogens is 344 g/mol. The molecule has 0 aromatic heterocycles. The number of rotatable bonds is 11. The van der Waals surface area contributed by atoms with E-state index in [9.17, 15) is 20.4 Å². The molecule has 4 N–H and O–H groups in total. The minimum Gasteiger partial charge on any atom is -0.508 e. The van der Waals surface area contributed by atoms with Crippen molar-refractivity contribution < 1.29 is 20.4 Å². The van der Waals surface area contributed by atoms with Gasteiger partial charge in [-0.3, -0.25) is 9.98 Å². The molecule has 0 saturated heterocycles. The maximum Gasteiger partial charge on any atom is 0.124 e. The van der Waals surface area contributed by atoms with Crippen LogP contribution in [0.3, 0.4) is 0 Å². The molecule has 27 heavy (non-hydrogen) atoms. The highest BCUT2D eigenvalue weighted by molar-refractivity contribution is 5.84. The van der Waals surface area contributed by atoms with E-state index in [1.54, 1.807) is 55.6 Å². The van der Waals surface area contributed by atoms with E-state index in [0.717, 1.165) is 0 Å². The fourth-order valence-corrected chi connectivity index (χ4v) is 2.43. The monoisotopic (exact) mass is 372 g/mol. The van der Waals surface area contributed by atoms with Gasteiger partial charge in [-0.1, -0.05) is 30.9 Å². The smallest absolute Gasteiger partial charge is 0.124 e. The number of hydrogen-bond acceptors (Lipinski definition) is 6. The molecule has 2 unspecified atom stereocenters. The first-order valence-electron chi connectivity index (χ1n) is 8.81.